The summed E-state index contributed by atoms with van der Waals surface area (Å²) in [5.74, 6) is 0.440. The average Bonchev–Trinajstić information content (AvgIpc) is 2.90. The van der Waals surface area contributed by atoms with Crippen LogP contribution in [0.15, 0.2) is 60.7 Å². The zero-order valence-corrected chi connectivity index (χ0v) is 21.5. The van der Waals surface area contributed by atoms with E-state index in [9.17, 15) is 9.59 Å². The predicted molar refractivity (Wildman–Crippen MR) is 142 cm³/mol. The molecule has 0 radical (unpaired) electrons. The first-order chi connectivity index (χ1) is 17.7. The van der Waals surface area contributed by atoms with Crippen molar-refractivity contribution >= 4 is 11.9 Å². The fourth-order valence-corrected chi connectivity index (χ4v) is 4.66. The van der Waals surface area contributed by atoms with Crippen molar-refractivity contribution in [2.45, 2.75) is 64.6 Å². The molecule has 2 atom stereocenters. The Bertz CT molecular complexity index is 786. The van der Waals surface area contributed by atoms with Gasteiger partial charge in [-0.25, -0.2) is 0 Å². The Morgan fingerprint density at radius 1 is 0.611 bits per heavy atom. The second kappa shape index (κ2) is 16.9. The number of hydrogen-bond donors (Lipinski definition) is 2. The molecule has 0 aliphatic carbocycles. The van der Waals surface area contributed by atoms with Crippen molar-refractivity contribution in [1.82, 2.24) is 10.6 Å². The minimum absolute atomic E-state index is 0.111. The Hall–Kier alpha value is -2.70. The highest BCUT2D eigenvalue weighted by molar-refractivity contribution is 5.70. The molecule has 1 aliphatic rings. The first kappa shape index (κ1) is 27.9. The molecule has 0 bridgehead atoms. The van der Waals surface area contributed by atoms with Gasteiger partial charge < -0.3 is 20.1 Å². The molecule has 1 saturated heterocycles. The summed E-state index contributed by atoms with van der Waals surface area (Å²) in [6, 6.07) is 19.7. The lowest BCUT2D eigenvalue weighted by molar-refractivity contribution is -0.147. The lowest BCUT2D eigenvalue weighted by Crippen LogP contribution is -2.25. The average molecular weight is 495 g/mol. The molecule has 0 amide bonds. The standard InChI is InChI=1S/C30H42N2O4/c33-29(35-23-27-9-3-1-4-10-27)21-25-13-7-17-32-20-16-26(14-8-18-31-19-15-25)22-30(34)36-24-28-11-5-2-6-12-28/h1-6,9-12,25-26,31-32H,7-8,13-24H2. The Morgan fingerprint density at radius 3 is 1.44 bits per heavy atom. The van der Waals surface area contributed by atoms with E-state index in [4.69, 9.17) is 9.47 Å². The molecule has 3 rings (SSSR count). The molecule has 6 nitrogen and oxygen atoms in total. The summed E-state index contributed by atoms with van der Waals surface area (Å²) in [6.45, 7) is 4.32. The SMILES string of the molecule is O=C(CC1CCCNCCC(CC(=O)OCc2ccccc2)CCCNCC1)OCc1ccccc1. The van der Waals surface area contributed by atoms with Gasteiger partial charge in [-0.15, -0.1) is 0 Å². The molecule has 2 unspecified atom stereocenters. The van der Waals surface area contributed by atoms with Gasteiger partial charge in [-0.3, -0.25) is 9.59 Å². The summed E-state index contributed by atoms with van der Waals surface area (Å²) in [5.41, 5.74) is 2.04. The van der Waals surface area contributed by atoms with Gasteiger partial charge in [-0.05, 0) is 87.7 Å². The molecule has 6 heteroatoms. The van der Waals surface area contributed by atoms with Crippen molar-refractivity contribution in [3.8, 4) is 0 Å². The molecule has 0 aromatic heterocycles. The summed E-state index contributed by atoms with van der Waals surface area (Å²) in [6.07, 6.45) is 6.95. The molecule has 2 aromatic carbocycles. The van der Waals surface area contributed by atoms with Gasteiger partial charge in [0.2, 0.25) is 0 Å². The topological polar surface area (TPSA) is 76.7 Å². The monoisotopic (exact) mass is 494 g/mol. The second-order valence-corrected chi connectivity index (χ2v) is 9.79. The second-order valence-electron chi connectivity index (χ2n) is 9.79. The van der Waals surface area contributed by atoms with Crippen LogP contribution in [-0.2, 0) is 32.3 Å². The number of esters is 2. The summed E-state index contributed by atoms with van der Waals surface area (Å²) >= 11 is 0. The zero-order chi connectivity index (χ0) is 25.3. The molecule has 0 saturated carbocycles. The Labute approximate surface area is 216 Å². The van der Waals surface area contributed by atoms with E-state index in [1.54, 1.807) is 0 Å². The Morgan fingerprint density at radius 2 is 1.03 bits per heavy atom. The highest BCUT2D eigenvalue weighted by Gasteiger charge is 2.17. The minimum Gasteiger partial charge on any atom is -0.461 e. The van der Waals surface area contributed by atoms with Crippen LogP contribution in [0.3, 0.4) is 0 Å². The van der Waals surface area contributed by atoms with E-state index in [1.807, 2.05) is 60.7 Å². The maximum Gasteiger partial charge on any atom is 0.306 e. The van der Waals surface area contributed by atoms with Crippen LogP contribution in [0.4, 0.5) is 0 Å². The van der Waals surface area contributed by atoms with E-state index in [1.165, 1.54) is 0 Å². The Kier molecular flexibility index (Phi) is 13.1. The number of nitrogens with one attached hydrogen (secondary N) is 2. The Balaban J connectivity index is 1.36. The third-order valence-electron chi connectivity index (χ3n) is 6.79. The molecule has 2 aromatic rings. The van der Waals surface area contributed by atoms with Crippen molar-refractivity contribution in [3.05, 3.63) is 71.8 Å². The summed E-state index contributed by atoms with van der Waals surface area (Å²) in [7, 11) is 0. The molecule has 1 heterocycles. The van der Waals surface area contributed by atoms with E-state index in [0.717, 1.165) is 75.8 Å². The van der Waals surface area contributed by atoms with Crippen LogP contribution < -0.4 is 10.6 Å². The molecule has 0 spiro atoms. The molecular weight excluding hydrogens is 452 g/mol. The van der Waals surface area contributed by atoms with E-state index < -0.39 is 0 Å². The van der Waals surface area contributed by atoms with Crippen LogP contribution in [-0.4, -0.2) is 38.1 Å². The van der Waals surface area contributed by atoms with Gasteiger partial charge >= 0.3 is 11.9 Å². The highest BCUT2D eigenvalue weighted by atomic mass is 16.5. The number of carbonyl (C=O) groups is 2. The summed E-state index contributed by atoms with van der Waals surface area (Å²) < 4.78 is 11.0. The molecule has 1 fully saturated rings. The summed E-state index contributed by atoms with van der Waals surface area (Å²) in [4.78, 5) is 24.8. The van der Waals surface area contributed by atoms with Gasteiger partial charge in [-0.1, -0.05) is 60.7 Å². The lowest BCUT2D eigenvalue weighted by Gasteiger charge is -2.20. The predicted octanol–water partition coefficient (Wildman–Crippen LogP) is 5.02. The fourth-order valence-electron chi connectivity index (χ4n) is 4.66. The van der Waals surface area contributed by atoms with Gasteiger partial charge in [0.15, 0.2) is 0 Å². The van der Waals surface area contributed by atoms with Crippen molar-refractivity contribution in [1.29, 1.82) is 0 Å². The van der Waals surface area contributed by atoms with Crippen LogP contribution in [0.1, 0.15) is 62.5 Å². The maximum atomic E-state index is 12.4. The largest absolute Gasteiger partial charge is 0.461 e. The zero-order valence-electron chi connectivity index (χ0n) is 21.5. The number of rotatable bonds is 8. The van der Waals surface area contributed by atoms with Gasteiger partial charge in [0, 0.05) is 12.8 Å². The van der Waals surface area contributed by atoms with E-state index in [2.05, 4.69) is 10.6 Å². The molecule has 36 heavy (non-hydrogen) atoms. The number of hydrogen-bond acceptors (Lipinski definition) is 6. The first-order valence-electron chi connectivity index (χ1n) is 13.5. The van der Waals surface area contributed by atoms with Gasteiger partial charge in [0.05, 0.1) is 0 Å². The van der Waals surface area contributed by atoms with Crippen molar-refractivity contribution < 1.29 is 19.1 Å². The molecule has 2 N–H and O–H groups in total. The van der Waals surface area contributed by atoms with Crippen LogP contribution in [0.5, 0.6) is 0 Å². The minimum atomic E-state index is -0.111. The number of carbonyl (C=O) groups excluding carboxylic acids is 2. The first-order valence-corrected chi connectivity index (χ1v) is 13.5. The van der Waals surface area contributed by atoms with E-state index in [-0.39, 0.29) is 11.9 Å². The smallest absolute Gasteiger partial charge is 0.306 e. The normalized spacial score (nSPS) is 20.1. The number of benzene rings is 2. The van der Waals surface area contributed by atoms with Gasteiger partial charge in [0.1, 0.15) is 13.2 Å². The third-order valence-corrected chi connectivity index (χ3v) is 6.79. The molecule has 1 aliphatic heterocycles. The van der Waals surface area contributed by atoms with Crippen LogP contribution >= 0.6 is 0 Å². The van der Waals surface area contributed by atoms with Crippen LogP contribution in [0, 0.1) is 11.8 Å². The molecule has 196 valence electrons. The molecular formula is C30H42N2O4. The maximum absolute atomic E-state index is 12.4. The highest BCUT2D eigenvalue weighted by Crippen LogP contribution is 2.19. The van der Waals surface area contributed by atoms with Crippen LogP contribution in [0.2, 0.25) is 0 Å². The van der Waals surface area contributed by atoms with Gasteiger partial charge in [0.25, 0.3) is 0 Å². The van der Waals surface area contributed by atoms with Gasteiger partial charge in [-0.2, -0.15) is 0 Å². The van der Waals surface area contributed by atoms with Crippen LogP contribution in [0.25, 0.3) is 0 Å². The number of ether oxygens (including phenoxy) is 2. The van der Waals surface area contributed by atoms with Crippen molar-refractivity contribution in [2.75, 3.05) is 26.2 Å². The fraction of sp³-hybridized carbons (Fsp3) is 0.533. The van der Waals surface area contributed by atoms with Crippen molar-refractivity contribution in [3.63, 3.8) is 0 Å². The summed E-state index contributed by atoms with van der Waals surface area (Å²) in [5, 5.41) is 7.07. The lowest BCUT2D eigenvalue weighted by atomic mass is 9.94. The van der Waals surface area contributed by atoms with E-state index in [0.29, 0.717) is 37.9 Å². The quantitative estimate of drug-likeness (QED) is 0.502. The van der Waals surface area contributed by atoms with Crippen molar-refractivity contribution in [2.24, 2.45) is 11.8 Å². The van der Waals surface area contributed by atoms with E-state index >= 15 is 0 Å². The third kappa shape index (κ3) is 11.8.